The first-order valence-electron chi connectivity index (χ1n) is 10.0. The second kappa shape index (κ2) is 7.21. The SMILES string of the molecule is Cn1ccc2cc(F)cc(C3=C(c4cn(CCCO)c5ccccc45)C(=O)NC3=O)c21. The molecule has 156 valence electrons. The van der Waals surface area contributed by atoms with Crippen molar-refractivity contribution in [2.75, 3.05) is 6.61 Å². The maximum atomic E-state index is 14.4. The fourth-order valence-corrected chi connectivity index (χ4v) is 4.44. The summed E-state index contributed by atoms with van der Waals surface area (Å²) in [4.78, 5) is 25.9. The molecule has 31 heavy (non-hydrogen) atoms. The number of halogens is 1. The van der Waals surface area contributed by atoms with E-state index < -0.39 is 17.6 Å². The molecular weight excluding hydrogens is 397 g/mol. The highest BCUT2D eigenvalue weighted by molar-refractivity contribution is 6.50. The van der Waals surface area contributed by atoms with Gasteiger partial charge in [0.25, 0.3) is 11.8 Å². The lowest BCUT2D eigenvalue weighted by Crippen LogP contribution is -2.22. The first-order valence-corrected chi connectivity index (χ1v) is 10.0. The van der Waals surface area contributed by atoms with E-state index in [9.17, 15) is 19.1 Å². The lowest BCUT2D eigenvalue weighted by Gasteiger charge is -2.09. The zero-order valence-electron chi connectivity index (χ0n) is 16.9. The van der Waals surface area contributed by atoms with Gasteiger partial charge in [-0.15, -0.1) is 0 Å². The van der Waals surface area contributed by atoms with E-state index in [0.29, 0.717) is 35.0 Å². The molecule has 6 nitrogen and oxygen atoms in total. The van der Waals surface area contributed by atoms with Crippen molar-refractivity contribution in [3.63, 3.8) is 0 Å². The number of rotatable bonds is 5. The number of hydrogen-bond acceptors (Lipinski definition) is 3. The molecule has 0 atom stereocenters. The normalized spacial score (nSPS) is 14.3. The fourth-order valence-electron chi connectivity index (χ4n) is 4.44. The third-order valence-electron chi connectivity index (χ3n) is 5.75. The number of imide groups is 1. The summed E-state index contributed by atoms with van der Waals surface area (Å²) in [6.45, 7) is 0.612. The summed E-state index contributed by atoms with van der Waals surface area (Å²) < 4.78 is 18.2. The number of carbonyl (C=O) groups excluding carboxylic acids is 2. The molecule has 1 aliphatic rings. The Balaban J connectivity index is 1.84. The van der Waals surface area contributed by atoms with Gasteiger partial charge in [-0.05, 0) is 30.7 Å². The lowest BCUT2D eigenvalue weighted by molar-refractivity contribution is -0.122. The molecular formula is C24H20FN3O3. The van der Waals surface area contributed by atoms with Crippen molar-refractivity contribution >= 4 is 44.8 Å². The summed E-state index contributed by atoms with van der Waals surface area (Å²) in [6, 6.07) is 12.1. The van der Waals surface area contributed by atoms with Crippen molar-refractivity contribution in [1.29, 1.82) is 0 Å². The van der Waals surface area contributed by atoms with Gasteiger partial charge in [-0.2, -0.15) is 0 Å². The molecule has 0 unspecified atom stereocenters. The van der Waals surface area contributed by atoms with Crippen LogP contribution >= 0.6 is 0 Å². The molecule has 0 bridgehead atoms. The van der Waals surface area contributed by atoms with Gasteiger partial charge in [0.1, 0.15) is 5.82 Å². The van der Waals surface area contributed by atoms with Gasteiger partial charge < -0.3 is 14.2 Å². The van der Waals surface area contributed by atoms with Crippen LogP contribution in [-0.2, 0) is 23.2 Å². The van der Waals surface area contributed by atoms with Crippen molar-refractivity contribution in [1.82, 2.24) is 14.5 Å². The summed E-state index contributed by atoms with van der Waals surface area (Å²) in [5.74, 6) is -1.52. The van der Waals surface area contributed by atoms with Gasteiger partial charge in [0, 0.05) is 60.0 Å². The van der Waals surface area contributed by atoms with Crippen LogP contribution in [0.1, 0.15) is 17.5 Å². The molecule has 0 radical (unpaired) electrons. The molecule has 1 aliphatic heterocycles. The van der Waals surface area contributed by atoms with E-state index in [1.807, 2.05) is 46.6 Å². The second-order valence-electron chi connectivity index (χ2n) is 7.68. The molecule has 2 aromatic carbocycles. The number of carbonyl (C=O) groups is 2. The minimum Gasteiger partial charge on any atom is -0.396 e. The minimum atomic E-state index is -0.541. The van der Waals surface area contributed by atoms with Crippen LogP contribution in [0.3, 0.4) is 0 Å². The number of aromatic nitrogens is 2. The molecule has 0 spiro atoms. The summed E-state index contributed by atoms with van der Waals surface area (Å²) in [7, 11) is 1.82. The van der Waals surface area contributed by atoms with Crippen LogP contribution in [0.15, 0.2) is 54.9 Å². The molecule has 3 heterocycles. The third kappa shape index (κ3) is 2.97. The Labute approximate surface area is 177 Å². The Morgan fingerprint density at radius 3 is 2.55 bits per heavy atom. The topological polar surface area (TPSA) is 76.3 Å². The maximum absolute atomic E-state index is 14.4. The zero-order chi connectivity index (χ0) is 21.7. The highest BCUT2D eigenvalue weighted by Gasteiger charge is 2.35. The van der Waals surface area contributed by atoms with E-state index in [0.717, 1.165) is 10.9 Å². The molecule has 7 heteroatoms. The van der Waals surface area contributed by atoms with Gasteiger partial charge in [-0.1, -0.05) is 18.2 Å². The van der Waals surface area contributed by atoms with E-state index in [-0.39, 0.29) is 17.8 Å². The molecule has 5 rings (SSSR count). The number of aryl methyl sites for hydroxylation is 2. The number of nitrogens with one attached hydrogen (secondary N) is 1. The van der Waals surface area contributed by atoms with Gasteiger partial charge in [-0.25, -0.2) is 4.39 Å². The average molecular weight is 417 g/mol. The highest BCUT2D eigenvalue weighted by atomic mass is 19.1. The molecule has 0 saturated carbocycles. The molecule has 0 fully saturated rings. The number of fused-ring (bicyclic) bond motifs is 2. The number of benzene rings is 2. The van der Waals surface area contributed by atoms with Gasteiger partial charge in [-0.3, -0.25) is 14.9 Å². The van der Waals surface area contributed by atoms with Crippen LogP contribution in [0.5, 0.6) is 0 Å². The predicted octanol–water partition coefficient (Wildman–Crippen LogP) is 3.22. The van der Waals surface area contributed by atoms with Crippen LogP contribution in [0.2, 0.25) is 0 Å². The number of nitrogens with zero attached hydrogens (tertiary/aromatic N) is 2. The summed E-state index contributed by atoms with van der Waals surface area (Å²) >= 11 is 0. The van der Waals surface area contributed by atoms with E-state index >= 15 is 0 Å². The van der Waals surface area contributed by atoms with Gasteiger partial charge in [0.15, 0.2) is 0 Å². The van der Waals surface area contributed by atoms with Crippen LogP contribution < -0.4 is 5.32 Å². The first kappa shape index (κ1) is 19.3. The second-order valence-corrected chi connectivity index (χ2v) is 7.68. The van der Waals surface area contributed by atoms with Crippen molar-refractivity contribution in [3.8, 4) is 0 Å². The van der Waals surface area contributed by atoms with Crippen molar-refractivity contribution in [2.24, 2.45) is 7.05 Å². The largest absolute Gasteiger partial charge is 0.396 e. The van der Waals surface area contributed by atoms with E-state index in [2.05, 4.69) is 5.32 Å². The quantitative estimate of drug-likeness (QED) is 0.490. The number of para-hydroxylation sites is 1. The Bertz CT molecular complexity index is 1410. The number of hydrogen-bond donors (Lipinski definition) is 2. The Morgan fingerprint density at radius 2 is 1.77 bits per heavy atom. The Morgan fingerprint density at radius 1 is 1.03 bits per heavy atom. The zero-order valence-corrected chi connectivity index (χ0v) is 16.9. The average Bonchev–Trinajstić information content (AvgIpc) is 3.39. The summed E-state index contributed by atoms with van der Waals surface area (Å²) in [5.41, 5.74) is 2.97. The van der Waals surface area contributed by atoms with E-state index in [4.69, 9.17) is 0 Å². The highest BCUT2D eigenvalue weighted by Crippen LogP contribution is 2.38. The van der Waals surface area contributed by atoms with Crippen molar-refractivity contribution in [3.05, 3.63) is 71.8 Å². The van der Waals surface area contributed by atoms with Crippen LogP contribution in [0.25, 0.3) is 33.0 Å². The molecule has 2 amide bonds. The third-order valence-corrected chi connectivity index (χ3v) is 5.75. The summed E-state index contributed by atoms with van der Waals surface area (Å²) in [5, 5.41) is 13.1. The number of aliphatic hydroxyl groups excluding tert-OH is 1. The van der Waals surface area contributed by atoms with Crippen molar-refractivity contribution < 1.29 is 19.1 Å². The van der Waals surface area contributed by atoms with Crippen LogP contribution in [-0.4, -0.2) is 32.7 Å². The van der Waals surface area contributed by atoms with Crippen LogP contribution in [0, 0.1) is 5.82 Å². The van der Waals surface area contributed by atoms with Gasteiger partial charge in [0.05, 0.1) is 16.7 Å². The molecule has 4 aromatic rings. The molecule has 2 aromatic heterocycles. The minimum absolute atomic E-state index is 0.0452. The fraction of sp³-hybridized carbons (Fsp3) is 0.167. The van der Waals surface area contributed by atoms with E-state index in [1.54, 1.807) is 12.3 Å². The first-order chi connectivity index (χ1) is 15.0. The van der Waals surface area contributed by atoms with Gasteiger partial charge >= 0.3 is 0 Å². The lowest BCUT2D eigenvalue weighted by atomic mass is 9.94. The summed E-state index contributed by atoms with van der Waals surface area (Å²) in [6.07, 6.45) is 4.18. The van der Waals surface area contributed by atoms with Gasteiger partial charge in [0.2, 0.25) is 0 Å². The maximum Gasteiger partial charge on any atom is 0.259 e. The number of aliphatic hydroxyl groups is 1. The van der Waals surface area contributed by atoms with E-state index in [1.165, 1.54) is 12.1 Å². The Hall–Kier alpha value is -3.71. The molecule has 0 aliphatic carbocycles. The number of amides is 2. The Kier molecular flexibility index (Phi) is 4.48. The monoisotopic (exact) mass is 417 g/mol. The molecule has 0 saturated heterocycles. The molecule has 2 N–H and O–H groups in total. The van der Waals surface area contributed by atoms with Crippen LogP contribution in [0.4, 0.5) is 4.39 Å². The smallest absolute Gasteiger partial charge is 0.259 e. The van der Waals surface area contributed by atoms with Crippen molar-refractivity contribution in [2.45, 2.75) is 13.0 Å². The standard InChI is InChI=1S/C24H20FN3O3/c1-27-9-7-14-11-15(25)12-17(22(14)27)20-21(24(31)26-23(20)30)18-13-28(8-4-10-29)19-6-3-2-5-16(18)19/h2-3,5-7,9,11-13,29H,4,8,10H2,1H3,(H,26,30,31). The predicted molar refractivity (Wildman–Crippen MR) is 116 cm³/mol.